The van der Waals surface area contributed by atoms with Gasteiger partial charge in [0, 0.05) is 18.4 Å². The number of alkyl halides is 5. The van der Waals surface area contributed by atoms with Crippen LogP contribution in [0, 0.1) is 5.92 Å². The lowest BCUT2D eigenvalue weighted by Crippen LogP contribution is -2.22. The predicted molar refractivity (Wildman–Crippen MR) is 47.6 cm³/mol. The molecule has 0 spiro atoms. The fourth-order valence-electron chi connectivity index (χ4n) is 2.67. The summed E-state index contributed by atoms with van der Waals surface area (Å²) in [6.45, 7) is 1.40. The van der Waals surface area contributed by atoms with E-state index >= 15 is 0 Å². The predicted octanol–water partition coefficient (Wildman–Crippen LogP) is 3.13. The molecule has 2 unspecified atom stereocenters. The van der Waals surface area contributed by atoms with Crippen LogP contribution in [0.2, 0.25) is 0 Å². The third-order valence-electron chi connectivity index (χ3n) is 3.49. The Hall–Kier alpha value is -1.14. The van der Waals surface area contributed by atoms with E-state index in [4.69, 9.17) is 0 Å². The normalized spacial score (nSPS) is 29.1. The van der Waals surface area contributed by atoms with Gasteiger partial charge in [0.2, 0.25) is 0 Å². The molecule has 1 heterocycles. The standard InChI is InChI=1S/C10H9F5N2/c1-2-17-8(10(13,14)15)6-7(16-17)4-3-5(4)9(6,11)12/h4-5H,2-3H2,1H3. The maximum atomic E-state index is 13.8. The molecule has 2 atom stereocenters. The van der Waals surface area contributed by atoms with Gasteiger partial charge in [-0.25, -0.2) is 8.78 Å². The number of fused-ring (bicyclic) bond motifs is 3. The van der Waals surface area contributed by atoms with Gasteiger partial charge in [-0.1, -0.05) is 0 Å². The van der Waals surface area contributed by atoms with Gasteiger partial charge in [-0.2, -0.15) is 18.3 Å². The number of hydrogen-bond donors (Lipinski definition) is 0. The molecule has 0 aliphatic heterocycles. The van der Waals surface area contributed by atoms with E-state index in [1.54, 1.807) is 0 Å². The van der Waals surface area contributed by atoms with Crippen molar-refractivity contribution < 1.29 is 22.0 Å². The second-order valence-corrected chi connectivity index (χ2v) is 4.49. The summed E-state index contributed by atoms with van der Waals surface area (Å²) >= 11 is 0. The second kappa shape index (κ2) is 2.81. The van der Waals surface area contributed by atoms with E-state index in [0.29, 0.717) is 4.68 Å². The topological polar surface area (TPSA) is 17.8 Å². The van der Waals surface area contributed by atoms with Crippen molar-refractivity contribution in [1.82, 2.24) is 9.78 Å². The van der Waals surface area contributed by atoms with Crippen molar-refractivity contribution in [3.8, 4) is 0 Å². The fourth-order valence-corrected chi connectivity index (χ4v) is 2.67. The average Bonchev–Trinajstić information content (AvgIpc) is 2.84. The molecule has 94 valence electrons. The molecule has 1 fully saturated rings. The summed E-state index contributed by atoms with van der Waals surface area (Å²) < 4.78 is 66.6. The molecule has 0 bridgehead atoms. The Kier molecular flexibility index (Phi) is 1.82. The largest absolute Gasteiger partial charge is 0.433 e. The first-order chi connectivity index (χ1) is 7.78. The van der Waals surface area contributed by atoms with Crippen molar-refractivity contribution in [1.29, 1.82) is 0 Å². The number of hydrogen-bond acceptors (Lipinski definition) is 1. The van der Waals surface area contributed by atoms with Crippen molar-refractivity contribution >= 4 is 0 Å². The van der Waals surface area contributed by atoms with E-state index in [9.17, 15) is 22.0 Å². The third kappa shape index (κ3) is 1.22. The maximum Gasteiger partial charge on any atom is 0.433 e. The Bertz CT molecular complexity index is 488. The lowest BCUT2D eigenvalue weighted by atomic mass is 10.1. The van der Waals surface area contributed by atoms with Gasteiger partial charge in [0.05, 0.1) is 11.3 Å². The van der Waals surface area contributed by atoms with Crippen LogP contribution in [0.3, 0.4) is 0 Å². The molecule has 1 saturated carbocycles. The minimum atomic E-state index is -4.78. The Labute approximate surface area is 93.4 Å². The van der Waals surface area contributed by atoms with Crippen LogP contribution in [0.1, 0.15) is 36.2 Å². The molecule has 2 aliphatic carbocycles. The van der Waals surface area contributed by atoms with Crippen molar-refractivity contribution in [3.63, 3.8) is 0 Å². The quantitative estimate of drug-likeness (QED) is 0.702. The molecule has 3 rings (SSSR count). The van der Waals surface area contributed by atoms with Crippen molar-refractivity contribution in [2.24, 2.45) is 5.92 Å². The van der Waals surface area contributed by atoms with Gasteiger partial charge < -0.3 is 0 Å². The van der Waals surface area contributed by atoms with Crippen LogP contribution in [0.4, 0.5) is 22.0 Å². The molecule has 0 aromatic carbocycles. The van der Waals surface area contributed by atoms with Gasteiger partial charge in [0.15, 0.2) is 5.69 Å². The van der Waals surface area contributed by atoms with E-state index in [2.05, 4.69) is 5.10 Å². The Morgan fingerprint density at radius 1 is 1.41 bits per heavy atom. The molecule has 1 aromatic rings. The molecule has 7 heteroatoms. The molecule has 0 radical (unpaired) electrons. The highest BCUT2D eigenvalue weighted by atomic mass is 19.4. The van der Waals surface area contributed by atoms with Gasteiger partial charge in [0.1, 0.15) is 0 Å². The van der Waals surface area contributed by atoms with Crippen LogP contribution in [-0.2, 0) is 18.6 Å². The SMILES string of the molecule is CCn1nc2c(c1C(F)(F)F)C(F)(F)C1CC21. The van der Waals surface area contributed by atoms with Gasteiger partial charge in [-0.05, 0) is 13.3 Å². The van der Waals surface area contributed by atoms with Crippen LogP contribution < -0.4 is 0 Å². The van der Waals surface area contributed by atoms with E-state index in [1.807, 2.05) is 0 Å². The molecule has 0 N–H and O–H groups in total. The minimum absolute atomic E-state index is 0.0471. The summed E-state index contributed by atoms with van der Waals surface area (Å²) in [5.74, 6) is -4.82. The maximum absolute atomic E-state index is 13.8. The lowest BCUT2D eigenvalue weighted by Gasteiger charge is -2.16. The van der Waals surface area contributed by atoms with Crippen LogP contribution in [-0.4, -0.2) is 9.78 Å². The van der Waals surface area contributed by atoms with Crippen molar-refractivity contribution in [2.75, 3.05) is 0 Å². The van der Waals surface area contributed by atoms with Gasteiger partial charge in [-0.15, -0.1) is 0 Å². The Morgan fingerprint density at radius 2 is 2.06 bits per heavy atom. The Balaban J connectivity index is 2.25. The number of aromatic nitrogens is 2. The fraction of sp³-hybridized carbons (Fsp3) is 0.700. The van der Waals surface area contributed by atoms with E-state index in [-0.39, 0.29) is 18.7 Å². The average molecular weight is 252 g/mol. The van der Waals surface area contributed by atoms with E-state index in [0.717, 1.165) is 0 Å². The third-order valence-corrected chi connectivity index (χ3v) is 3.49. The molecule has 1 aromatic heterocycles. The summed E-state index contributed by atoms with van der Waals surface area (Å²) in [7, 11) is 0. The highest BCUT2D eigenvalue weighted by Gasteiger charge is 2.68. The summed E-state index contributed by atoms with van der Waals surface area (Å²) in [4.78, 5) is 0. The van der Waals surface area contributed by atoms with Gasteiger partial charge in [-0.3, -0.25) is 4.68 Å². The first-order valence-corrected chi connectivity index (χ1v) is 5.34. The van der Waals surface area contributed by atoms with Crippen molar-refractivity contribution in [3.05, 3.63) is 17.0 Å². The molecule has 0 amide bonds. The van der Waals surface area contributed by atoms with E-state index in [1.165, 1.54) is 6.92 Å². The van der Waals surface area contributed by atoms with Crippen LogP contribution in [0.25, 0.3) is 0 Å². The van der Waals surface area contributed by atoms with Crippen LogP contribution in [0.5, 0.6) is 0 Å². The zero-order valence-corrected chi connectivity index (χ0v) is 8.85. The summed E-state index contributed by atoms with van der Waals surface area (Å²) in [5.41, 5.74) is -2.20. The zero-order chi connectivity index (χ0) is 12.6. The summed E-state index contributed by atoms with van der Waals surface area (Å²) in [6, 6.07) is 0. The second-order valence-electron chi connectivity index (χ2n) is 4.49. The highest BCUT2D eigenvalue weighted by Crippen LogP contribution is 2.68. The Morgan fingerprint density at radius 3 is 2.59 bits per heavy atom. The molecule has 0 saturated heterocycles. The van der Waals surface area contributed by atoms with Crippen LogP contribution in [0.15, 0.2) is 0 Å². The first kappa shape index (κ1) is 11.0. The summed E-state index contributed by atoms with van der Waals surface area (Å²) in [6.07, 6.45) is -4.53. The highest BCUT2D eigenvalue weighted by molar-refractivity contribution is 5.46. The molecule has 2 nitrogen and oxygen atoms in total. The summed E-state index contributed by atoms with van der Waals surface area (Å²) in [5, 5.41) is 3.71. The number of halogens is 5. The molecule has 2 aliphatic rings. The molecular formula is C10H9F5N2. The van der Waals surface area contributed by atoms with Crippen LogP contribution >= 0.6 is 0 Å². The molecule has 17 heavy (non-hydrogen) atoms. The number of nitrogens with zero attached hydrogens (tertiary/aromatic N) is 2. The minimum Gasteiger partial charge on any atom is -0.260 e. The van der Waals surface area contributed by atoms with Gasteiger partial charge in [0.25, 0.3) is 5.92 Å². The first-order valence-electron chi connectivity index (χ1n) is 5.34. The smallest absolute Gasteiger partial charge is 0.260 e. The molecular weight excluding hydrogens is 243 g/mol. The van der Waals surface area contributed by atoms with E-state index < -0.39 is 35.2 Å². The lowest BCUT2D eigenvalue weighted by molar-refractivity contribution is -0.149. The number of aryl methyl sites for hydroxylation is 1. The van der Waals surface area contributed by atoms with Crippen molar-refractivity contribution in [2.45, 2.75) is 37.9 Å². The van der Waals surface area contributed by atoms with Gasteiger partial charge >= 0.3 is 6.18 Å². The monoisotopic (exact) mass is 252 g/mol. The zero-order valence-electron chi connectivity index (χ0n) is 8.85. The number of rotatable bonds is 1.